The van der Waals surface area contributed by atoms with E-state index in [4.69, 9.17) is 14.9 Å². The van der Waals surface area contributed by atoms with E-state index in [1.165, 1.54) is 0 Å². The number of hydrogen-bond acceptors (Lipinski definition) is 6. The van der Waals surface area contributed by atoms with Crippen LogP contribution in [0.3, 0.4) is 0 Å². The third kappa shape index (κ3) is 2.33. The molecule has 154 valence electrons. The van der Waals surface area contributed by atoms with Crippen LogP contribution in [0.25, 0.3) is 0 Å². The Morgan fingerprint density at radius 1 is 1.03 bits per heavy atom. The zero-order valence-corrected chi connectivity index (χ0v) is 16.4. The smallest absolute Gasteiger partial charge is 0.244 e. The first-order chi connectivity index (χ1) is 14.9. The van der Waals surface area contributed by atoms with Gasteiger partial charge in [0, 0.05) is 11.1 Å². The number of benzene rings is 2. The summed E-state index contributed by atoms with van der Waals surface area (Å²) in [6.45, 7) is 1.72. The largest absolute Gasteiger partial charge is 0.443 e. The first-order valence-corrected chi connectivity index (χ1v) is 9.57. The monoisotopic (exact) mass is 418 g/mol. The van der Waals surface area contributed by atoms with E-state index < -0.39 is 51.7 Å². The van der Waals surface area contributed by atoms with Gasteiger partial charge in [0.1, 0.15) is 17.7 Å². The molecule has 31 heavy (non-hydrogen) atoms. The SMILES string of the molecule is CCC1C2(c3ccccc3)OC(=N)C1(C#N)C(C#N)(C#N)C(c1cc(F)ccc1F)O2. The Hall–Kier alpha value is -3.80. The quantitative estimate of drug-likeness (QED) is 0.790. The molecule has 0 saturated carbocycles. The van der Waals surface area contributed by atoms with Crippen molar-refractivity contribution in [1.82, 2.24) is 0 Å². The van der Waals surface area contributed by atoms with E-state index >= 15 is 0 Å². The molecule has 6 nitrogen and oxygen atoms in total. The number of hydrogen-bond donors (Lipinski definition) is 1. The maximum atomic E-state index is 14.8. The first-order valence-electron chi connectivity index (χ1n) is 9.57. The normalized spacial score (nSPS) is 30.5. The number of nitrogens with one attached hydrogen (secondary N) is 1. The van der Waals surface area contributed by atoms with Gasteiger partial charge < -0.3 is 9.47 Å². The molecule has 2 heterocycles. The topological polar surface area (TPSA) is 114 Å². The second kappa shape index (κ2) is 6.87. The van der Waals surface area contributed by atoms with Crippen molar-refractivity contribution in [3.63, 3.8) is 0 Å². The average Bonchev–Trinajstić information content (AvgIpc) is 3.00. The summed E-state index contributed by atoms with van der Waals surface area (Å²) in [5.41, 5.74) is -4.38. The molecule has 2 fully saturated rings. The van der Waals surface area contributed by atoms with Gasteiger partial charge in [0.25, 0.3) is 0 Å². The number of nitriles is 3. The second-order valence-corrected chi connectivity index (χ2v) is 7.54. The number of ether oxygens (including phenoxy) is 2. The van der Waals surface area contributed by atoms with Crippen molar-refractivity contribution in [2.45, 2.75) is 25.2 Å². The molecular formula is C23H16F2N4O2. The van der Waals surface area contributed by atoms with Gasteiger partial charge in [0.2, 0.25) is 17.1 Å². The van der Waals surface area contributed by atoms with Crippen LogP contribution in [0.1, 0.15) is 30.6 Å². The highest BCUT2D eigenvalue weighted by molar-refractivity contribution is 5.89. The number of fused-ring (bicyclic) bond motifs is 2. The van der Waals surface area contributed by atoms with Gasteiger partial charge in [-0.05, 0) is 24.6 Å². The molecule has 2 aliphatic rings. The van der Waals surface area contributed by atoms with Crippen LogP contribution < -0.4 is 0 Å². The zero-order valence-electron chi connectivity index (χ0n) is 16.4. The fourth-order valence-corrected chi connectivity index (χ4v) is 4.90. The van der Waals surface area contributed by atoms with E-state index in [0.717, 1.165) is 18.2 Å². The molecule has 2 bridgehead atoms. The molecule has 8 heteroatoms. The summed E-state index contributed by atoms with van der Waals surface area (Å²) in [6, 6.07) is 16.7. The predicted molar refractivity (Wildman–Crippen MR) is 103 cm³/mol. The van der Waals surface area contributed by atoms with Gasteiger partial charge in [-0.25, -0.2) is 8.78 Å². The summed E-state index contributed by atoms with van der Waals surface area (Å²) < 4.78 is 41.0. The second-order valence-electron chi connectivity index (χ2n) is 7.54. The molecule has 0 aromatic heterocycles. The Balaban J connectivity index is 2.10. The lowest BCUT2D eigenvalue weighted by molar-refractivity contribution is -0.293. The van der Waals surface area contributed by atoms with Crippen molar-refractivity contribution in [2.75, 3.05) is 0 Å². The van der Waals surface area contributed by atoms with E-state index in [-0.39, 0.29) is 6.42 Å². The first kappa shape index (κ1) is 20.5. The van der Waals surface area contributed by atoms with Crippen LogP contribution in [0.2, 0.25) is 0 Å². The standard InChI is InChI=1S/C23H16F2N4O2/c1-2-18-22(13-28)20(29)31-23(18,14-6-4-3-5-7-14)30-19(21(22,11-26)12-27)16-10-15(24)8-9-17(16)25/h3-10,18-19,29H,2H2,1H3. The molecular weight excluding hydrogens is 402 g/mol. The van der Waals surface area contributed by atoms with Gasteiger partial charge in [-0.3, -0.25) is 5.41 Å². The highest BCUT2D eigenvalue weighted by Crippen LogP contribution is 2.69. The molecule has 2 aromatic rings. The minimum atomic E-state index is -2.36. The Morgan fingerprint density at radius 2 is 1.71 bits per heavy atom. The van der Waals surface area contributed by atoms with Gasteiger partial charge in [0.05, 0.1) is 24.1 Å². The summed E-state index contributed by atoms with van der Waals surface area (Å²) in [6.07, 6.45) is -1.47. The van der Waals surface area contributed by atoms with Crippen molar-refractivity contribution in [3.8, 4) is 18.2 Å². The summed E-state index contributed by atoms with van der Waals surface area (Å²) in [5.74, 6) is -4.96. The number of nitrogens with zero attached hydrogens (tertiary/aromatic N) is 3. The lowest BCUT2D eigenvalue weighted by Crippen LogP contribution is -2.58. The molecule has 4 unspecified atom stereocenters. The lowest BCUT2D eigenvalue weighted by atomic mass is 9.52. The van der Waals surface area contributed by atoms with E-state index in [0.29, 0.717) is 5.56 Å². The predicted octanol–water partition coefficient (Wildman–Crippen LogP) is 4.47. The zero-order chi connectivity index (χ0) is 22.4. The third-order valence-electron chi connectivity index (χ3n) is 6.26. The van der Waals surface area contributed by atoms with Crippen molar-refractivity contribution in [3.05, 3.63) is 71.3 Å². The van der Waals surface area contributed by atoms with Crippen LogP contribution in [0, 0.1) is 67.8 Å². The molecule has 2 aliphatic heterocycles. The molecule has 0 aliphatic carbocycles. The number of rotatable bonds is 3. The van der Waals surface area contributed by atoms with Crippen molar-refractivity contribution >= 4 is 5.90 Å². The molecule has 4 rings (SSSR count). The minimum Gasteiger partial charge on any atom is -0.443 e. The van der Waals surface area contributed by atoms with E-state index in [2.05, 4.69) is 0 Å². The summed E-state index contributed by atoms with van der Waals surface area (Å²) in [7, 11) is 0. The summed E-state index contributed by atoms with van der Waals surface area (Å²) >= 11 is 0. The van der Waals surface area contributed by atoms with Crippen molar-refractivity contribution in [2.24, 2.45) is 16.7 Å². The van der Waals surface area contributed by atoms with Gasteiger partial charge in [-0.2, -0.15) is 15.8 Å². The highest BCUT2D eigenvalue weighted by Gasteiger charge is 2.80. The van der Waals surface area contributed by atoms with Crippen molar-refractivity contribution < 1.29 is 18.3 Å². The van der Waals surface area contributed by atoms with Gasteiger partial charge in [0.15, 0.2) is 5.41 Å². The van der Waals surface area contributed by atoms with Crippen LogP contribution in [0.5, 0.6) is 0 Å². The molecule has 0 spiro atoms. The van der Waals surface area contributed by atoms with Gasteiger partial charge in [-0.15, -0.1) is 0 Å². The van der Waals surface area contributed by atoms with E-state index in [9.17, 15) is 24.6 Å². The molecule has 0 amide bonds. The van der Waals surface area contributed by atoms with Crippen LogP contribution in [-0.2, 0) is 15.3 Å². The fourth-order valence-electron chi connectivity index (χ4n) is 4.90. The minimum absolute atomic E-state index is 0.217. The Morgan fingerprint density at radius 3 is 2.29 bits per heavy atom. The highest BCUT2D eigenvalue weighted by atomic mass is 19.1. The Labute approximate surface area is 177 Å². The van der Waals surface area contributed by atoms with Crippen LogP contribution >= 0.6 is 0 Å². The van der Waals surface area contributed by atoms with E-state index in [1.807, 2.05) is 18.2 Å². The molecule has 2 saturated heterocycles. The summed E-state index contributed by atoms with van der Waals surface area (Å²) in [4.78, 5) is 0. The summed E-state index contributed by atoms with van der Waals surface area (Å²) in [5, 5.41) is 39.2. The fraction of sp³-hybridized carbons (Fsp3) is 0.304. The Kier molecular flexibility index (Phi) is 4.54. The maximum absolute atomic E-state index is 14.8. The number of halogens is 2. The molecule has 0 radical (unpaired) electrons. The van der Waals surface area contributed by atoms with Crippen LogP contribution in [0.4, 0.5) is 8.78 Å². The molecule has 2 aromatic carbocycles. The molecule has 4 atom stereocenters. The average molecular weight is 418 g/mol. The van der Waals surface area contributed by atoms with Gasteiger partial charge in [-0.1, -0.05) is 37.3 Å². The van der Waals surface area contributed by atoms with E-state index in [1.54, 1.807) is 37.3 Å². The maximum Gasteiger partial charge on any atom is 0.244 e. The van der Waals surface area contributed by atoms with Crippen molar-refractivity contribution in [1.29, 1.82) is 21.2 Å². The molecule has 1 N–H and O–H groups in total. The Bertz CT molecular complexity index is 1180. The lowest BCUT2D eigenvalue weighted by Gasteiger charge is -2.49. The van der Waals surface area contributed by atoms with Gasteiger partial charge >= 0.3 is 0 Å². The third-order valence-corrected chi connectivity index (χ3v) is 6.26. The van der Waals surface area contributed by atoms with Crippen LogP contribution in [0.15, 0.2) is 48.5 Å². The van der Waals surface area contributed by atoms with Crippen LogP contribution in [-0.4, -0.2) is 5.90 Å².